The number of carbonyl (C=O) groups excluding carboxylic acids is 2. The van der Waals surface area contributed by atoms with Crippen molar-refractivity contribution >= 4 is 47.4 Å². The molecule has 0 aromatic heterocycles. The van der Waals surface area contributed by atoms with Crippen molar-refractivity contribution < 1.29 is 9.59 Å². The van der Waals surface area contributed by atoms with Crippen molar-refractivity contribution in [1.29, 1.82) is 0 Å². The quantitative estimate of drug-likeness (QED) is 0.280. The zero-order valence-corrected chi connectivity index (χ0v) is 21.0. The molecule has 1 aliphatic carbocycles. The number of hydrogen-bond donors (Lipinski definition) is 3. The number of benzene rings is 1. The molecule has 7 nitrogen and oxygen atoms in total. The van der Waals surface area contributed by atoms with Gasteiger partial charge in [-0.2, -0.15) is 0 Å². The van der Waals surface area contributed by atoms with Gasteiger partial charge in [0.1, 0.15) is 0 Å². The van der Waals surface area contributed by atoms with Crippen molar-refractivity contribution in [1.82, 2.24) is 15.5 Å². The van der Waals surface area contributed by atoms with E-state index in [4.69, 9.17) is 4.99 Å². The molecule has 2 fully saturated rings. The van der Waals surface area contributed by atoms with Crippen LogP contribution >= 0.6 is 24.0 Å². The van der Waals surface area contributed by atoms with E-state index < -0.39 is 0 Å². The maximum atomic E-state index is 12.4. The second-order valence-corrected chi connectivity index (χ2v) is 8.19. The van der Waals surface area contributed by atoms with Crippen LogP contribution in [-0.2, 0) is 16.1 Å². The second kappa shape index (κ2) is 12.9. The predicted octanol–water partition coefficient (Wildman–Crippen LogP) is 3.50. The summed E-state index contributed by atoms with van der Waals surface area (Å²) in [7, 11) is 0. The molecule has 1 saturated heterocycles. The van der Waals surface area contributed by atoms with Gasteiger partial charge in [0.05, 0.1) is 6.54 Å². The average molecular weight is 541 g/mol. The van der Waals surface area contributed by atoms with E-state index in [2.05, 4.69) is 16.0 Å². The van der Waals surface area contributed by atoms with E-state index in [1.165, 1.54) is 0 Å². The highest BCUT2D eigenvalue weighted by atomic mass is 127. The van der Waals surface area contributed by atoms with Crippen molar-refractivity contribution in [2.75, 3.05) is 25.0 Å². The van der Waals surface area contributed by atoms with Crippen LogP contribution in [0.4, 0.5) is 5.69 Å². The molecule has 0 radical (unpaired) electrons. The van der Waals surface area contributed by atoms with Crippen LogP contribution in [0.5, 0.6) is 0 Å². The zero-order chi connectivity index (χ0) is 21.3. The van der Waals surface area contributed by atoms with Gasteiger partial charge in [0, 0.05) is 43.7 Å². The molecule has 1 saturated carbocycles. The van der Waals surface area contributed by atoms with Gasteiger partial charge in [-0.25, -0.2) is 4.99 Å². The number of guanidine groups is 1. The van der Waals surface area contributed by atoms with Crippen molar-refractivity contribution in [3.05, 3.63) is 29.8 Å². The summed E-state index contributed by atoms with van der Waals surface area (Å²) < 4.78 is 0. The molecule has 1 atom stereocenters. The second-order valence-electron chi connectivity index (χ2n) is 8.19. The molecule has 1 unspecified atom stereocenters. The molecule has 3 rings (SSSR count). The summed E-state index contributed by atoms with van der Waals surface area (Å²) in [5.41, 5.74) is 1.88. The minimum atomic E-state index is 0. The fourth-order valence-corrected chi connectivity index (χ4v) is 4.19. The maximum Gasteiger partial charge on any atom is 0.227 e. The third-order valence-electron chi connectivity index (χ3n) is 5.87. The lowest BCUT2D eigenvalue weighted by molar-refractivity contribution is -0.129. The Morgan fingerprint density at radius 2 is 1.94 bits per heavy atom. The number of aliphatic imine (C=N–C) groups is 1. The minimum Gasteiger partial charge on any atom is -0.357 e. The molecule has 31 heavy (non-hydrogen) atoms. The zero-order valence-electron chi connectivity index (χ0n) is 18.7. The van der Waals surface area contributed by atoms with Crippen LogP contribution in [0.25, 0.3) is 0 Å². The van der Waals surface area contributed by atoms with E-state index in [1.807, 2.05) is 43.0 Å². The summed E-state index contributed by atoms with van der Waals surface area (Å²) in [5, 5.41) is 9.80. The Hall–Kier alpha value is -1.84. The lowest BCUT2D eigenvalue weighted by Gasteiger charge is -2.18. The van der Waals surface area contributed by atoms with Crippen LogP contribution in [-0.4, -0.2) is 48.3 Å². The molecule has 0 bridgehead atoms. The first kappa shape index (κ1) is 25.4. The van der Waals surface area contributed by atoms with Crippen molar-refractivity contribution in [3.63, 3.8) is 0 Å². The average Bonchev–Trinajstić information content (AvgIpc) is 3.44. The van der Waals surface area contributed by atoms with Gasteiger partial charge in [0.15, 0.2) is 5.96 Å². The van der Waals surface area contributed by atoms with Crippen LogP contribution in [0.2, 0.25) is 0 Å². The van der Waals surface area contributed by atoms with E-state index in [9.17, 15) is 9.59 Å². The van der Waals surface area contributed by atoms with E-state index in [1.54, 1.807) is 0 Å². The third-order valence-corrected chi connectivity index (χ3v) is 5.87. The normalized spacial score (nSPS) is 19.1. The highest BCUT2D eigenvalue weighted by Crippen LogP contribution is 2.26. The number of rotatable bonds is 7. The Balaban J connectivity index is 0.00000341. The summed E-state index contributed by atoms with van der Waals surface area (Å²) in [5.74, 6) is 1.25. The van der Waals surface area contributed by atoms with Gasteiger partial charge in [-0.15, -0.1) is 24.0 Å². The van der Waals surface area contributed by atoms with Crippen LogP contribution in [0, 0.1) is 5.92 Å². The van der Waals surface area contributed by atoms with Crippen molar-refractivity contribution in [2.24, 2.45) is 10.9 Å². The smallest absolute Gasteiger partial charge is 0.227 e. The fraction of sp³-hybridized carbons (Fsp3) is 0.609. The van der Waals surface area contributed by atoms with E-state index in [0.29, 0.717) is 13.0 Å². The maximum absolute atomic E-state index is 12.4. The largest absolute Gasteiger partial charge is 0.357 e. The topological polar surface area (TPSA) is 85.8 Å². The fourth-order valence-electron chi connectivity index (χ4n) is 4.19. The number of halogens is 1. The number of nitrogens with one attached hydrogen (secondary N) is 3. The van der Waals surface area contributed by atoms with Crippen LogP contribution in [0.15, 0.2) is 29.3 Å². The van der Waals surface area contributed by atoms with Crippen molar-refractivity contribution in [3.8, 4) is 0 Å². The Bertz CT molecular complexity index is 764. The van der Waals surface area contributed by atoms with E-state index in [0.717, 1.165) is 68.9 Å². The molecule has 3 N–H and O–H groups in total. The Morgan fingerprint density at radius 1 is 1.16 bits per heavy atom. The van der Waals surface area contributed by atoms with Gasteiger partial charge in [0.25, 0.3) is 0 Å². The monoisotopic (exact) mass is 541 g/mol. The Kier molecular flexibility index (Phi) is 10.6. The number of hydrogen-bond acceptors (Lipinski definition) is 3. The molecule has 2 amide bonds. The van der Waals surface area contributed by atoms with Gasteiger partial charge in [-0.3, -0.25) is 9.59 Å². The van der Waals surface area contributed by atoms with Gasteiger partial charge >= 0.3 is 0 Å². The molecule has 0 spiro atoms. The lowest BCUT2D eigenvalue weighted by Crippen LogP contribution is -2.45. The Morgan fingerprint density at radius 3 is 2.65 bits per heavy atom. The predicted molar refractivity (Wildman–Crippen MR) is 136 cm³/mol. The molecule has 1 aliphatic heterocycles. The standard InChI is InChI=1S/C23H35N5O2.HI/c1-3-21(29)28-13-12-20(16-28)27-23(24-4-2)25-15-17-8-7-11-19(14-17)26-22(30)18-9-5-6-10-18;/h7-8,11,14,18,20H,3-6,9-10,12-13,15-16H2,1-2H3,(H,26,30)(H2,24,25,27);1H. The summed E-state index contributed by atoms with van der Waals surface area (Å²) >= 11 is 0. The SMILES string of the molecule is CCNC(=NCc1cccc(NC(=O)C2CCCC2)c1)NC1CCN(C(=O)CC)C1.I. The first-order valence-electron chi connectivity index (χ1n) is 11.3. The molecular formula is C23H36IN5O2. The number of carbonyl (C=O) groups is 2. The van der Waals surface area contributed by atoms with Crippen LogP contribution < -0.4 is 16.0 Å². The first-order chi connectivity index (χ1) is 14.6. The molecule has 2 aliphatic rings. The molecular weight excluding hydrogens is 505 g/mol. The highest BCUT2D eigenvalue weighted by molar-refractivity contribution is 14.0. The van der Waals surface area contributed by atoms with Gasteiger partial charge in [-0.05, 0) is 43.9 Å². The number of amides is 2. The highest BCUT2D eigenvalue weighted by Gasteiger charge is 2.26. The van der Waals surface area contributed by atoms with Gasteiger partial charge < -0.3 is 20.9 Å². The summed E-state index contributed by atoms with van der Waals surface area (Å²) in [6, 6.07) is 8.13. The minimum absolute atomic E-state index is 0. The first-order valence-corrected chi connectivity index (χ1v) is 11.3. The molecule has 8 heteroatoms. The molecule has 1 aromatic rings. The summed E-state index contributed by atoms with van der Waals surface area (Å²) in [4.78, 5) is 30.9. The van der Waals surface area contributed by atoms with E-state index in [-0.39, 0.29) is 47.8 Å². The van der Waals surface area contributed by atoms with Gasteiger partial charge in [-0.1, -0.05) is 31.9 Å². The van der Waals surface area contributed by atoms with Gasteiger partial charge in [0.2, 0.25) is 11.8 Å². The van der Waals surface area contributed by atoms with Crippen LogP contribution in [0.1, 0.15) is 57.9 Å². The number of anilines is 1. The Labute approximate surface area is 202 Å². The molecule has 1 heterocycles. The number of nitrogens with zero attached hydrogens (tertiary/aromatic N) is 2. The third kappa shape index (κ3) is 7.66. The summed E-state index contributed by atoms with van der Waals surface area (Å²) in [6.45, 7) is 6.75. The van der Waals surface area contributed by atoms with E-state index >= 15 is 0 Å². The lowest BCUT2D eigenvalue weighted by atomic mass is 10.1. The summed E-state index contributed by atoms with van der Waals surface area (Å²) in [6.07, 6.45) is 5.77. The van der Waals surface area contributed by atoms with Crippen molar-refractivity contribution in [2.45, 2.75) is 65.0 Å². The molecule has 172 valence electrons. The number of likely N-dealkylation sites (tertiary alicyclic amines) is 1. The molecule has 1 aromatic carbocycles. The van der Waals surface area contributed by atoms with Crippen LogP contribution in [0.3, 0.4) is 0 Å².